The Labute approximate surface area is 143 Å². The maximum absolute atomic E-state index is 12.6. The van der Waals surface area contributed by atoms with Gasteiger partial charge in [0.15, 0.2) is 0 Å². The molecule has 2 N–H and O–H groups in total. The molecule has 0 unspecified atom stereocenters. The molecule has 2 aromatic carbocycles. The maximum atomic E-state index is 12.6. The molecule has 2 aromatic rings. The number of carbonyl (C=O) groups excluding carboxylic acids is 1. The van der Waals surface area contributed by atoms with Crippen LogP contribution in [0.2, 0.25) is 0 Å². The van der Waals surface area contributed by atoms with Gasteiger partial charge in [0.2, 0.25) is 5.91 Å². The van der Waals surface area contributed by atoms with Gasteiger partial charge in [-0.3, -0.25) is 4.79 Å². The largest absolute Gasteiger partial charge is 0.416 e. The zero-order chi connectivity index (χ0) is 18.3. The Morgan fingerprint density at radius 2 is 1.84 bits per heavy atom. The number of hydrogen-bond donors (Lipinski definition) is 2. The molecule has 0 spiro atoms. The first-order valence-corrected chi connectivity index (χ1v) is 7.56. The number of nitriles is 1. The van der Waals surface area contributed by atoms with Crippen LogP contribution >= 0.6 is 0 Å². The summed E-state index contributed by atoms with van der Waals surface area (Å²) in [6.45, 7) is 0.317. The molecule has 0 aliphatic carbocycles. The number of carbonyl (C=O) groups is 1. The van der Waals surface area contributed by atoms with Gasteiger partial charge in [0, 0.05) is 6.54 Å². The Kier molecular flexibility index (Phi) is 6.01. The molecule has 0 aliphatic rings. The topological polar surface area (TPSA) is 64.9 Å². The molecule has 0 fully saturated rings. The van der Waals surface area contributed by atoms with Crippen LogP contribution in [-0.2, 0) is 17.4 Å². The fourth-order valence-corrected chi connectivity index (χ4v) is 2.20. The molecule has 0 saturated carbocycles. The molecule has 130 valence electrons. The number of anilines is 1. The van der Waals surface area contributed by atoms with Gasteiger partial charge >= 0.3 is 6.18 Å². The van der Waals surface area contributed by atoms with Gasteiger partial charge in [0.1, 0.15) is 6.07 Å². The van der Waals surface area contributed by atoms with Gasteiger partial charge in [-0.15, -0.1) is 0 Å². The maximum Gasteiger partial charge on any atom is 0.416 e. The molecule has 0 saturated heterocycles. The minimum Gasteiger partial charge on any atom is -0.375 e. The first-order chi connectivity index (χ1) is 11.9. The zero-order valence-electron chi connectivity index (χ0n) is 13.2. The Morgan fingerprint density at radius 3 is 2.48 bits per heavy atom. The van der Waals surface area contributed by atoms with Crippen LogP contribution in [0, 0.1) is 11.3 Å². The van der Waals surface area contributed by atoms with Crippen LogP contribution in [0.3, 0.4) is 0 Å². The van der Waals surface area contributed by atoms with Crippen molar-refractivity contribution in [3.8, 4) is 6.07 Å². The number of amides is 1. The van der Waals surface area contributed by atoms with E-state index in [1.165, 1.54) is 0 Å². The van der Waals surface area contributed by atoms with Crippen LogP contribution in [0.25, 0.3) is 0 Å². The lowest BCUT2D eigenvalue weighted by Gasteiger charge is -2.12. The quantitative estimate of drug-likeness (QED) is 0.842. The molecule has 0 radical (unpaired) electrons. The molecule has 0 aliphatic heterocycles. The minimum absolute atomic E-state index is 0.130. The average Bonchev–Trinajstić information content (AvgIpc) is 2.60. The van der Waals surface area contributed by atoms with E-state index in [9.17, 15) is 18.0 Å². The highest BCUT2D eigenvalue weighted by atomic mass is 19.4. The fourth-order valence-electron chi connectivity index (χ4n) is 2.20. The second kappa shape index (κ2) is 8.20. The third-order valence-electron chi connectivity index (χ3n) is 3.49. The minimum atomic E-state index is -4.51. The van der Waals surface area contributed by atoms with Crippen LogP contribution in [0.4, 0.5) is 18.9 Å². The number of nitrogens with one attached hydrogen (secondary N) is 2. The van der Waals surface area contributed by atoms with E-state index in [0.29, 0.717) is 13.0 Å². The van der Waals surface area contributed by atoms with Crippen LogP contribution in [0.15, 0.2) is 48.5 Å². The summed E-state index contributed by atoms with van der Waals surface area (Å²) in [4.78, 5) is 11.8. The molecule has 1 amide bonds. The van der Waals surface area contributed by atoms with Crippen molar-refractivity contribution in [2.24, 2.45) is 0 Å². The smallest absolute Gasteiger partial charge is 0.375 e. The summed E-state index contributed by atoms with van der Waals surface area (Å²) in [5.41, 5.74) is 0.216. The highest BCUT2D eigenvalue weighted by Crippen LogP contribution is 2.31. The number of benzene rings is 2. The standard InChI is InChI=1S/C18H16F3N3O/c19-18(20,21)15-6-7-16(14(10-15)11-22)24-12-17(25)23-9-8-13-4-2-1-3-5-13/h1-7,10,24H,8-9,12H2,(H,23,25). The highest BCUT2D eigenvalue weighted by Gasteiger charge is 2.31. The van der Waals surface area contributed by atoms with Gasteiger partial charge in [0.25, 0.3) is 0 Å². The SMILES string of the molecule is N#Cc1cc(C(F)(F)F)ccc1NCC(=O)NCCc1ccccc1. The normalized spacial score (nSPS) is 10.8. The molecule has 0 aromatic heterocycles. The van der Waals surface area contributed by atoms with Gasteiger partial charge in [-0.25, -0.2) is 0 Å². The first kappa shape index (κ1) is 18.3. The van der Waals surface area contributed by atoms with Gasteiger partial charge in [-0.05, 0) is 30.2 Å². The van der Waals surface area contributed by atoms with Gasteiger partial charge < -0.3 is 10.6 Å². The van der Waals surface area contributed by atoms with E-state index in [1.54, 1.807) is 6.07 Å². The summed E-state index contributed by atoms with van der Waals surface area (Å²) in [6, 6.07) is 14.1. The molecule has 2 rings (SSSR count). The number of rotatable bonds is 6. The van der Waals surface area contributed by atoms with Gasteiger partial charge in [0.05, 0.1) is 23.4 Å². The van der Waals surface area contributed by atoms with Crippen LogP contribution in [-0.4, -0.2) is 19.0 Å². The second-order valence-electron chi connectivity index (χ2n) is 5.31. The number of halogens is 3. The van der Waals surface area contributed by atoms with E-state index in [1.807, 2.05) is 30.3 Å². The molecular weight excluding hydrogens is 331 g/mol. The summed E-state index contributed by atoms with van der Waals surface area (Å²) in [6.07, 6.45) is -3.84. The van der Waals surface area contributed by atoms with E-state index >= 15 is 0 Å². The van der Waals surface area contributed by atoms with Crippen molar-refractivity contribution < 1.29 is 18.0 Å². The van der Waals surface area contributed by atoms with Crippen molar-refractivity contribution >= 4 is 11.6 Å². The highest BCUT2D eigenvalue weighted by molar-refractivity contribution is 5.81. The Balaban J connectivity index is 1.86. The van der Waals surface area contributed by atoms with Crippen molar-refractivity contribution in [2.45, 2.75) is 12.6 Å². The number of hydrogen-bond acceptors (Lipinski definition) is 3. The molecule has 25 heavy (non-hydrogen) atoms. The van der Waals surface area contributed by atoms with E-state index in [4.69, 9.17) is 5.26 Å². The predicted molar refractivity (Wildman–Crippen MR) is 87.8 cm³/mol. The van der Waals surface area contributed by atoms with Crippen molar-refractivity contribution in [1.29, 1.82) is 5.26 Å². The van der Waals surface area contributed by atoms with Crippen molar-refractivity contribution in [3.63, 3.8) is 0 Å². The zero-order valence-corrected chi connectivity index (χ0v) is 13.2. The third kappa shape index (κ3) is 5.53. The average molecular weight is 347 g/mol. The molecule has 0 bridgehead atoms. The van der Waals surface area contributed by atoms with Crippen molar-refractivity contribution in [3.05, 3.63) is 65.2 Å². The fraction of sp³-hybridized carbons (Fsp3) is 0.222. The Morgan fingerprint density at radius 1 is 1.12 bits per heavy atom. The predicted octanol–water partition coefficient (Wildman–Crippen LogP) is 3.35. The van der Waals surface area contributed by atoms with Gasteiger partial charge in [-0.1, -0.05) is 30.3 Å². The van der Waals surface area contributed by atoms with Crippen LogP contribution in [0.1, 0.15) is 16.7 Å². The van der Waals surface area contributed by atoms with Crippen LogP contribution < -0.4 is 10.6 Å². The molecule has 0 atom stereocenters. The summed E-state index contributed by atoms with van der Waals surface area (Å²) in [5.74, 6) is -0.306. The number of alkyl halides is 3. The molecular formula is C18H16F3N3O. The Bertz CT molecular complexity index is 767. The summed E-state index contributed by atoms with van der Waals surface area (Å²) in [5, 5.41) is 14.4. The monoisotopic (exact) mass is 347 g/mol. The van der Waals surface area contributed by atoms with E-state index in [2.05, 4.69) is 10.6 Å². The van der Waals surface area contributed by atoms with Gasteiger partial charge in [-0.2, -0.15) is 18.4 Å². The van der Waals surface area contributed by atoms with Crippen LogP contribution in [0.5, 0.6) is 0 Å². The summed E-state index contributed by atoms with van der Waals surface area (Å²) < 4.78 is 37.9. The second-order valence-corrected chi connectivity index (χ2v) is 5.31. The Hall–Kier alpha value is -3.01. The molecule has 4 nitrogen and oxygen atoms in total. The first-order valence-electron chi connectivity index (χ1n) is 7.56. The van der Waals surface area contributed by atoms with E-state index in [0.717, 1.165) is 23.8 Å². The molecule has 0 heterocycles. The number of nitrogens with zero attached hydrogens (tertiary/aromatic N) is 1. The van der Waals surface area contributed by atoms with Crippen molar-refractivity contribution in [2.75, 3.05) is 18.4 Å². The lowest BCUT2D eigenvalue weighted by atomic mass is 10.1. The third-order valence-corrected chi connectivity index (χ3v) is 3.49. The summed E-state index contributed by atoms with van der Waals surface area (Å²) >= 11 is 0. The lowest BCUT2D eigenvalue weighted by molar-refractivity contribution is -0.137. The van der Waals surface area contributed by atoms with E-state index < -0.39 is 11.7 Å². The molecule has 7 heteroatoms. The lowest BCUT2D eigenvalue weighted by Crippen LogP contribution is -2.31. The van der Waals surface area contributed by atoms with Crippen molar-refractivity contribution in [1.82, 2.24) is 5.32 Å². The summed E-state index contributed by atoms with van der Waals surface area (Å²) in [7, 11) is 0. The van der Waals surface area contributed by atoms with E-state index in [-0.39, 0.29) is 23.7 Å².